The molecule has 2 aromatic carbocycles. The third-order valence-electron chi connectivity index (χ3n) is 3.90. The van der Waals surface area contributed by atoms with E-state index < -0.39 is 22.5 Å². The summed E-state index contributed by atoms with van der Waals surface area (Å²) in [6.07, 6.45) is 0.228. The maximum atomic E-state index is 12.7. The number of methoxy groups -OCH3 is 2. The van der Waals surface area contributed by atoms with Crippen LogP contribution in [0.5, 0.6) is 28.7 Å². The molecule has 3 aromatic rings. The number of phenols is 3. The lowest BCUT2D eigenvalue weighted by Gasteiger charge is -2.12. The van der Waals surface area contributed by atoms with Gasteiger partial charge in [0.25, 0.3) is 0 Å². The number of fused-ring (bicyclic) bond motifs is 1. The second kappa shape index (κ2) is 6.32. The monoisotopic (exact) mass is 358 g/mol. The number of benzene rings is 2. The molecule has 3 N–H and O–H groups in total. The van der Waals surface area contributed by atoms with Gasteiger partial charge in [0, 0.05) is 11.6 Å². The molecule has 0 unspecified atom stereocenters. The van der Waals surface area contributed by atoms with Crippen molar-refractivity contribution < 1.29 is 34.0 Å². The van der Waals surface area contributed by atoms with E-state index >= 15 is 0 Å². The quantitative estimate of drug-likeness (QED) is 0.607. The fraction of sp³-hybridized carbons (Fsp3) is 0.111. The predicted molar refractivity (Wildman–Crippen MR) is 91.4 cm³/mol. The molecular formula is C18H14O8. The first kappa shape index (κ1) is 17.2. The Bertz CT molecular complexity index is 1080. The number of carbonyl (C=O) groups is 1. The lowest BCUT2D eigenvalue weighted by Crippen LogP contribution is -2.08. The fourth-order valence-corrected chi connectivity index (χ4v) is 2.64. The molecule has 8 heteroatoms. The summed E-state index contributed by atoms with van der Waals surface area (Å²) >= 11 is 0. The Kier molecular flexibility index (Phi) is 4.17. The highest BCUT2D eigenvalue weighted by molar-refractivity contribution is 5.97. The molecule has 8 nitrogen and oxygen atoms in total. The van der Waals surface area contributed by atoms with E-state index in [9.17, 15) is 24.9 Å². The van der Waals surface area contributed by atoms with Crippen molar-refractivity contribution in [2.45, 2.75) is 0 Å². The SMILES string of the molecule is COc1ccc(-c2oc3cc(O)c(C=O)c(O)c3c(=O)c2OC)cc1O. The van der Waals surface area contributed by atoms with Gasteiger partial charge in [-0.2, -0.15) is 0 Å². The van der Waals surface area contributed by atoms with E-state index in [2.05, 4.69) is 0 Å². The highest BCUT2D eigenvalue weighted by Crippen LogP contribution is 2.39. The predicted octanol–water partition coefficient (Wildman–Crippen LogP) is 2.41. The van der Waals surface area contributed by atoms with Crippen molar-refractivity contribution in [2.75, 3.05) is 14.2 Å². The second-order valence-corrected chi connectivity index (χ2v) is 5.33. The zero-order chi connectivity index (χ0) is 19.0. The van der Waals surface area contributed by atoms with Gasteiger partial charge >= 0.3 is 0 Å². The average molecular weight is 358 g/mol. The minimum atomic E-state index is -0.736. The zero-order valence-electron chi connectivity index (χ0n) is 13.8. The molecule has 0 bridgehead atoms. The highest BCUT2D eigenvalue weighted by atomic mass is 16.5. The van der Waals surface area contributed by atoms with Gasteiger partial charge in [-0.15, -0.1) is 0 Å². The van der Waals surface area contributed by atoms with Crippen LogP contribution in [0.4, 0.5) is 0 Å². The fourth-order valence-electron chi connectivity index (χ4n) is 2.64. The van der Waals surface area contributed by atoms with Gasteiger partial charge in [-0.25, -0.2) is 0 Å². The van der Waals surface area contributed by atoms with Crippen molar-refractivity contribution in [2.24, 2.45) is 0 Å². The van der Waals surface area contributed by atoms with Gasteiger partial charge in [0.05, 0.1) is 19.8 Å². The van der Waals surface area contributed by atoms with Crippen LogP contribution in [-0.2, 0) is 0 Å². The topological polar surface area (TPSA) is 126 Å². The summed E-state index contributed by atoms with van der Waals surface area (Å²) in [7, 11) is 2.63. The summed E-state index contributed by atoms with van der Waals surface area (Å²) in [4.78, 5) is 23.8. The average Bonchev–Trinajstić information content (AvgIpc) is 2.61. The summed E-state index contributed by atoms with van der Waals surface area (Å²) in [6, 6.07) is 5.36. The number of aromatic hydroxyl groups is 3. The Labute approximate surface area is 146 Å². The molecule has 0 aliphatic carbocycles. The van der Waals surface area contributed by atoms with Crippen molar-refractivity contribution >= 4 is 17.3 Å². The van der Waals surface area contributed by atoms with Crippen LogP contribution in [0.15, 0.2) is 33.5 Å². The van der Waals surface area contributed by atoms with Gasteiger partial charge < -0.3 is 29.2 Å². The smallest absolute Gasteiger partial charge is 0.239 e. The Morgan fingerprint density at radius 1 is 1.04 bits per heavy atom. The Morgan fingerprint density at radius 3 is 2.35 bits per heavy atom. The number of carbonyl (C=O) groups excluding carboxylic acids is 1. The van der Waals surface area contributed by atoms with E-state index in [1.165, 1.54) is 32.4 Å². The van der Waals surface area contributed by atoms with Gasteiger partial charge in [0.1, 0.15) is 22.5 Å². The van der Waals surface area contributed by atoms with Gasteiger partial charge in [0.2, 0.25) is 11.2 Å². The van der Waals surface area contributed by atoms with Crippen LogP contribution < -0.4 is 14.9 Å². The van der Waals surface area contributed by atoms with Gasteiger partial charge in [-0.05, 0) is 18.2 Å². The molecule has 0 fully saturated rings. The number of hydrogen-bond donors (Lipinski definition) is 3. The van der Waals surface area contributed by atoms with Crippen molar-refractivity contribution in [3.8, 4) is 40.1 Å². The van der Waals surface area contributed by atoms with Gasteiger partial charge in [-0.3, -0.25) is 9.59 Å². The summed E-state index contributed by atoms with van der Waals surface area (Å²) in [5, 5.41) is 29.6. The Hall–Kier alpha value is -3.68. The van der Waals surface area contributed by atoms with Gasteiger partial charge in [-0.1, -0.05) is 0 Å². The lowest BCUT2D eigenvalue weighted by atomic mass is 10.1. The lowest BCUT2D eigenvalue weighted by molar-refractivity contribution is 0.111. The van der Waals surface area contributed by atoms with Crippen LogP contribution in [0.2, 0.25) is 0 Å². The molecule has 1 heterocycles. The van der Waals surface area contributed by atoms with Crippen molar-refractivity contribution in [3.05, 3.63) is 40.1 Å². The summed E-state index contributed by atoms with van der Waals surface area (Å²) in [5.74, 6) is -1.47. The van der Waals surface area contributed by atoms with Crippen LogP contribution in [0.1, 0.15) is 10.4 Å². The van der Waals surface area contributed by atoms with Crippen LogP contribution >= 0.6 is 0 Å². The molecule has 0 amide bonds. The Morgan fingerprint density at radius 2 is 1.77 bits per heavy atom. The Balaban J connectivity index is 2.39. The van der Waals surface area contributed by atoms with E-state index in [-0.39, 0.29) is 40.3 Å². The number of aldehydes is 1. The highest BCUT2D eigenvalue weighted by Gasteiger charge is 2.23. The first-order chi connectivity index (χ1) is 12.4. The molecule has 0 saturated heterocycles. The molecule has 1 aromatic heterocycles. The normalized spacial score (nSPS) is 10.7. The van der Waals surface area contributed by atoms with Crippen molar-refractivity contribution in [3.63, 3.8) is 0 Å². The van der Waals surface area contributed by atoms with Crippen molar-refractivity contribution in [1.82, 2.24) is 0 Å². The minimum absolute atomic E-state index is 0.0272. The maximum Gasteiger partial charge on any atom is 0.239 e. The molecule has 0 spiro atoms. The molecule has 3 rings (SSSR count). The molecule has 0 aliphatic rings. The summed E-state index contributed by atoms with van der Waals surface area (Å²) in [6.45, 7) is 0. The molecule has 0 atom stereocenters. The maximum absolute atomic E-state index is 12.7. The van der Waals surface area contributed by atoms with E-state index in [1.54, 1.807) is 0 Å². The van der Waals surface area contributed by atoms with E-state index in [4.69, 9.17) is 13.9 Å². The third-order valence-corrected chi connectivity index (χ3v) is 3.90. The first-order valence-electron chi connectivity index (χ1n) is 7.35. The summed E-state index contributed by atoms with van der Waals surface area (Å²) in [5.41, 5.74) is -1.01. The molecule has 26 heavy (non-hydrogen) atoms. The summed E-state index contributed by atoms with van der Waals surface area (Å²) < 4.78 is 15.7. The van der Waals surface area contributed by atoms with Crippen LogP contribution in [0.3, 0.4) is 0 Å². The molecule has 0 saturated carbocycles. The number of hydrogen-bond acceptors (Lipinski definition) is 8. The van der Waals surface area contributed by atoms with Gasteiger partial charge in [0.15, 0.2) is 23.5 Å². The van der Waals surface area contributed by atoms with Crippen LogP contribution in [0.25, 0.3) is 22.3 Å². The largest absolute Gasteiger partial charge is 0.507 e. The van der Waals surface area contributed by atoms with E-state index in [1.807, 2.05) is 0 Å². The first-order valence-corrected chi connectivity index (χ1v) is 7.35. The van der Waals surface area contributed by atoms with E-state index in [0.29, 0.717) is 5.56 Å². The molecule has 0 radical (unpaired) electrons. The van der Waals surface area contributed by atoms with Crippen LogP contribution in [0, 0.1) is 0 Å². The number of ether oxygens (including phenoxy) is 2. The number of phenolic OH excluding ortho intramolecular Hbond substituents is 3. The molecule has 134 valence electrons. The standard InChI is InChI=1S/C18H14O8/c1-24-12-4-3-8(5-11(12)21)17-18(25-2)16(23)14-13(26-17)6-10(20)9(7-19)15(14)22/h3-7,20-22H,1-2H3. The van der Waals surface area contributed by atoms with Crippen molar-refractivity contribution in [1.29, 1.82) is 0 Å². The molecule has 0 aliphatic heterocycles. The zero-order valence-corrected chi connectivity index (χ0v) is 13.8. The minimum Gasteiger partial charge on any atom is -0.507 e. The van der Waals surface area contributed by atoms with E-state index in [0.717, 1.165) is 6.07 Å². The number of rotatable bonds is 4. The third kappa shape index (κ3) is 2.48. The van der Waals surface area contributed by atoms with Crippen LogP contribution in [-0.4, -0.2) is 35.8 Å². The molecular weight excluding hydrogens is 344 g/mol. The second-order valence-electron chi connectivity index (χ2n) is 5.33.